The van der Waals surface area contributed by atoms with Crippen molar-refractivity contribution in [3.05, 3.63) is 29.3 Å². The molecule has 1 aromatic carbocycles. The molecule has 18 heavy (non-hydrogen) atoms. The van der Waals surface area contributed by atoms with Gasteiger partial charge in [-0.15, -0.1) is 0 Å². The average Bonchev–Trinajstić information content (AvgIpc) is 2.38. The smallest absolute Gasteiger partial charge is 0.317 e. The summed E-state index contributed by atoms with van der Waals surface area (Å²) in [5.41, 5.74) is 2.15. The number of methoxy groups -OCH3 is 1. The first kappa shape index (κ1) is 14.4. The molecule has 0 aliphatic rings. The molecule has 1 rings (SSSR count). The second-order valence-corrected chi connectivity index (χ2v) is 4.13. The van der Waals surface area contributed by atoms with Gasteiger partial charge in [0.25, 0.3) is 0 Å². The van der Waals surface area contributed by atoms with Crippen molar-refractivity contribution < 1.29 is 9.53 Å². The van der Waals surface area contributed by atoms with Crippen LogP contribution in [0.2, 0.25) is 0 Å². The highest BCUT2D eigenvalue weighted by molar-refractivity contribution is 5.74. The number of ether oxygens (including phenoxy) is 1. The van der Waals surface area contributed by atoms with Crippen molar-refractivity contribution in [2.24, 2.45) is 0 Å². The molecule has 1 aromatic rings. The first-order chi connectivity index (χ1) is 8.62. The number of carbonyl (C=O) groups excluding carboxylic acids is 1. The van der Waals surface area contributed by atoms with E-state index in [1.807, 2.05) is 39.0 Å². The average molecular weight is 250 g/mol. The summed E-state index contributed by atoms with van der Waals surface area (Å²) in [6.45, 7) is 7.93. The van der Waals surface area contributed by atoms with Gasteiger partial charge < -0.3 is 15.0 Å². The van der Waals surface area contributed by atoms with E-state index in [-0.39, 0.29) is 6.03 Å². The summed E-state index contributed by atoms with van der Waals surface area (Å²) in [6, 6.07) is 5.90. The normalized spacial score (nSPS) is 10.0. The molecule has 4 heteroatoms. The molecule has 0 atom stereocenters. The van der Waals surface area contributed by atoms with E-state index in [4.69, 9.17) is 4.74 Å². The molecule has 0 aromatic heterocycles. The molecular weight excluding hydrogens is 228 g/mol. The van der Waals surface area contributed by atoms with Gasteiger partial charge >= 0.3 is 6.03 Å². The fraction of sp³-hybridized carbons (Fsp3) is 0.500. The lowest BCUT2D eigenvalue weighted by Gasteiger charge is -2.19. The summed E-state index contributed by atoms with van der Waals surface area (Å²) >= 11 is 0. The molecular formula is C14H22N2O2. The number of hydrogen-bond donors (Lipinski definition) is 1. The first-order valence-electron chi connectivity index (χ1n) is 6.28. The standard InChI is InChI=1S/C14H22N2O2/c1-5-16(6-2)14(17)15-10-12-7-8-13(18-4)11(3)9-12/h7-9H,5-6,10H2,1-4H3,(H,15,17). The minimum atomic E-state index is -0.0199. The SMILES string of the molecule is CCN(CC)C(=O)NCc1ccc(OC)c(C)c1. The van der Waals surface area contributed by atoms with E-state index in [0.717, 1.165) is 30.0 Å². The van der Waals surface area contributed by atoms with Crippen molar-refractivity contribution >= 4 is 6.03 Å². The van der Waals surface area contributed by atoms with Gasteiger partial charge in [-0.1, -0.05) is 12.1 Å². The van der Waals surface area contributed by atoms with Crippen molar-refractivity contribution in [3.8, 4) is 5.75 Å². The molecule has 0 saturated carbocycles. The summed E-state index contributed by atoms with van der Waals surface area (Å²) < 4.78 is 5.20. The van der Waals surface area contributed by atoms with E-state index in [0.29, 0.717) is 6.54 Å². The van der Waals surface area contributed by atoms with Crippen LogP contribution in [0.3, 0.4) is 0 Å². The van der Waals surface area contributed by atoms with Gasteiger partial charge in [-0.2, -0.15) is 0 Å². The highest BCUT2D eigenvalue weighted by Crippen LogP contribution is 2.18. The van der Waals surface area contributed by atoms with Crippen LogP contribution in [-0.4, -0.2) is 31.1 Å². The molecule has 0 heterocycles. The van der Waals surface area contributed by atoms with Crippen LogP contribution in [-0.2, 0) is 6.54 Å². The fourth-order valence-corrected chi connectivity index (χ4v) is 1.85. The van der Waals surface area contributed by atoms with Crippen LogP contribution >= 0.6 is 0 Å². The highest BCUT2D eigenvalue weighted by atomic mass is 16.5. The Balaban J connectivity index is 2.58. The molecule has 1 N–H and O–H groups in total. The van der Waals surface area contributed by atoms with Crippen molar-refractivity contribution in [1.82, 2.24) is 10.2 Å². The van der Waals surface area contributed by atoms with E-state index in [1.165, 1.54) is 0 Å². The van der Waals surface area contributed by atoms with Crippen LogP contribution in [0.5, 0.6) is 5.75 Å². The Morgan fingerprint density at radius 3 is 2.50 bits per heavy atom. The monoisotopic (exact) mass is 250 g/mol. The Bertz CT molecular complexity index is 401. The van der Waals surface area contributed by atoms with Crippen LogP contribution < -0.4 is 10.1 Å². The van der Waals surface area contributed by atoms with Crippen LogP contribution in [0.25, 0.3) is 0 Å². The minimum Gasteiger partial charge on any atom is -0.496 e. The maximum Gasteiger partial charge on any atom is 0.317 e. The van der Waals surface area contributed by atoms with Crippen molar-refractivity contribution in [3.63, 3.8) is 0 Å². The van der Waals surface area contributed by atoms with Crippen LogP contribution in [0, 0.1) is 6.92 Å². The lowest BCUT2D eigenvalue weighted by molar-refractivity contribution is 0.203. The molecule has 0 bridgehead atoms. The lowest BCUT2D eigenvalue weighted by atomic mass is 10.1. The summed E-state index contributed by atoms with van der Waals surface area (Å²) in [6.07, 6.45) is 0. The molecule has 100 valence electrons. The molecule has 2 amide bonds. The van der Waals surface area contributed by atoms with Gasteiger partial charge in [0, 0.05) is 19.6 Å². The van der Waals surface area contributed by atoms with Gasteiger partial charge in [0.15, 0.2) is 0 Å². The third kappa shape index (κ3) is 3.65. The number of nitrogens with zero attached hydrogens (tertiary/aromatic N) is 1. The van der Waals surface area contributed by atoms with E-state index in [2.05, 4.69) is 5.32 Å². The highest BCUT2D eigenvalue weighted by Gasteiger charge is 2.08. The van der Waals surface area contributed by atoms with Gasteiger partial charge in [0.05, 0.1) is 7.11 Å². The van der Waals surface area contributed by atoms with Crippen molar-refractivity contribution in [2.75, 3.05) is 20.2 Å². The van der Waals surface area contributed by atoms with Crippen molar-refractivity contribution in [1.29, 1.82) is 0 Å². The number of hydrogen-bond acceptors (Lipinski definition) is 2. The molecule has 0 radical (unpaired) electrons. The van der Waals surface area contributed by atoms with E-state index < -0.39 is 0 Å². The Morgan fingerprint density at radius 2 is 2.00 bits per heavy atom. The van der Waals surface area contributed by atoms with Gasteiger partial charge in [0.1, 0.15) is 5.75 Å². The summed E-state index contributed by atoms with van der Waals surface area (Å²) in [5, 5.41) is 2.91. The lowest BCUT2D eigenvalue weighted by Crippen LogP contribution is -2.39. The third-order valence-electron chi connectivity index (χ3n) is 2.95. The van der Waals surface area contributed by atoms with Crippen LogP contribution in [0.4, 0.5) is 4.79 Å². The maximum absolute atomic E-state index is 11.8. The van der Waals surface area contributed by atoms with Crippen molar-refractivity contribution in [2.45, 2.75) is 27.3 Å². The van der Waals surface area contributed by atoms with Gasteiger partial charge in [-0.05, 0) is 38.0 Å². The summed E-state index contributed by atoms with van der Waals surface area (Å²) in [5.74, 6) is 0.869. The Labute approximate surface area is 109 Å². The maximum atomic E-state index is 11.8. The Morgan fingerprint density at radius 1 is 1.33 bits per heavy atom. The topological polar surface area (TPSA) is 41.6 Å². The van der Waals surface area contributed by atoms with E-state index >= 15 is 0 Å². The number of carbonyl (C=O) groups is 1. The van der Waals surface area contributed by atoms with Crippen LogP contribution in [0.1, 0.15) is 25.0 Å². The molecule has 0 fully saturated rings. The molecule has 0 unspecified atom stereocenters. The molecule has 0 aliphatic heterocycles. The van der Waals surface area contributed by atoms with Gasteiger partial charge in [-0.25, -0.2) is 4.79 Å². The quantitative estimate of drug-likeness (QED) is 0.872. The number of benzene rings is 1. The summed E-state index contributed by atoms with van der Waals surface area (Å²) in [4.78, 5) is 13.5. The number of urea groups is 1. The van der Waals surface area contributed by atoms with Gasteiger partial charge in [-0.3, -0.25) is 0 Å². The zero-order valence-corrected chi connectivity index (χ0v) is 11.6. The molecule has 0 aliphatic carbocycles. The predicted octanol–water partition coefficient (Wildman–Crippen LogP) is 2.56. The van der Waals surface area contributed by atoms with Crippen LogP contribution in [0.15, 0.2) is 18.2 Å². The number of rotatable bonds is 5. The number of aryl methyl sites for hydroxylation is 1. The predicted molar refractivity (Wildman–Crippen MR) is 72.9 cm³/mol. The zero-order valence-electron chi connectivity index (χ0n) is 11.6. The second kappa shape index (κ2) is 6.89. The van der Waals surface area contributed by atoms with Gasteiger partial charge in [0.2, 0.25) is 0 Å². The number of nitrogens with one attached hydrogen (secondary N) is 1. The number of amides is 2. The Kier molecular flexibility index (Phi) is 5.49. The largest absolute Gasteiger partial charge is 0.496 e. The Hall–Kier alpha value is -1.71. The zero-order chi connectivity index (χ0) is 13.5. The minimum absolute atomic E-state index is 0.0199. The molecule has 4 nitrogen and oxygen atoms in total. The summed E-state index contributed by atoms with van der Waals surface area (Å²) in [7, 11) is 1.66. The first-order valence-corrected chi connectivity index (χ1v) is 6.28. The molecule has 0 spiro atoms. The van der Waals surface area contributed by atoms with E-state index in [1.54, 1.807) is 12.0 Å². The second-order valence-electron chi connectivity index (χ2n) is 4.13. The van der Waals surface area contributed by atoms with E-state index in [9.17, 15) is 4.79 Å². The molecule has 0 saturated heterocycles. The fourth-order valence-electron chi connectivity index (χ4n) is 1.85. The third-order valence-corrected chi connectivity index (χ3v) is 2.95.